The number of amides is 2. The molecule has 0 aromatic carbocycles. The number of nitrogens with zero attached hydrogens (tertiary/aromatic N) is 1. The van der Waals surface area contributed by atoms with E-state index < -0.39 is 24.0 Å². The molecule has 21 heavy (non-hydrogen) atoms. The number of thioether (sulfide) groups is 1. The van der Waals surface area contributed by atoms with Crippen molar-refractivity contribution >= 4 is 29.7 Å². The third-order valence-electron chi connectivity index (χ3n) is 2.70. The van der Waals surface area contributed by atoms with Crippen molar-refractivity contribution in [2.45, 2.75) is 39.3 Å². The van der Waals surface area contributed by atoms with Gasteiger partial charge in [-0.15, -0.1) is 0 Å². The van der Waals surface area contributed by atoms with Crippen molar-refractivity contribution in [2.24, 2.45) is 0 Å². The van der Waals surface area contributed by atoms with Gasteiger partial charge in [-0.2, -0.15) is 11.8 Å². The maximum absolute atomic E-state index is 12.1. The van der Waals surface area contributed by atoms with Crippen LogP contribution in [0.1, 0.15) is 27.2 Å². The minimum atomic E-state index is -1.09. The summed E-state index contributed by atoms with van der Waals surface area (Å²) in [5, 5.41) is 11.5. The normalized spacial score (nSPS) is 11.9. The van der Waals surface area contributed by atoms with Crippen LogP contribution in [0.3, 0.4) is 0 Å². The van der Waals surface area contributed by atoms with Crippen molar-refractivity contribution in [1.29, 1.82) is 0 Å². The lowest BCUT2D eigenvalue weighted by molar-refractivity contribution is -0.144. The van der Waals surface area contributed by atoms with E-state index in [1.807, 2.05) is 6.26 Å². The molecule has 2 N–H and O–H groups in total. The number of ether oxygens (including phenoxy) is 1. The second-order valence-corrected chi connectivity index (χ2v) is 5.63. The Labute approximate surface area is 129 Å². The van der Waals surface area contributed by atoms with Crippen molar-refractivity contribution in [2.75, 3.05) is 25.2 Å². The Kier molecular flexibility index (Phi) is 9.60. The average Bonchev–Trinajstić information content (AvgIpc) is 2.40. The number of hydrogen-bond acceptors (Lipinski definition) is 5. The number of rotatable bonds is 9. The fraction of sp³-hybridized carbons (Fsp3) is 0.769. The van der Waals surface area contributed by atoms with Crippen LogP contribution >= 0.6 is 11.8 Å². The molecule has 122 valence electrons. The third-order valence-corrected chi connectivity index (χ3v) is 3.34. The molecule has 0 spiro atoms. The van der Waals surface area contributed by atoms with Crippen molar-refractivity contribution in [1.82, 2.24) is 10.2 Å². The molecule has 0 aliphatic rings. The number of carboxylic acids is 1. The Hall–Kier alpha value is -1.44. The Balaban J connectivity index is 4.71. The quantitative estimate of drug-likeness (QED) is 0.619. The molecule has 0 fully saturated rings. The number of esters is 1. The van der Waals surface area contributed by atoms with E-state index in [0.717, 1.165) is 0 Å². The molecule has 0 aliphatic heterocycles. The van der Waals surface area contributed by atoms with Gasteiger partial charge in [0.05, 0.1) is 6.61 Å². The van der Waals surface area contributed by atoms with Gasteiger partial charge in [-0.05, 0) is 39.2 Å². The number of hydrogen-bond donors (Lipinski definition) is 2. The average molecular weight is 320 g/mol. The molecule has 0 rings (SSSR count). The highest BCUT2D eigenvalue weighted by atomic mass is 32.2. The Morgan fingerprint density at radius 1 is 1.33 bits per heavy atom. The molecule has 0 aromatic heterocycles. The first-order valence-corrected chi connectivity index (χ1v) is 8.17. The molecule has 0 heterocycles. The van der Waals surface area contributed by atoms with Crippen LogP contribution in [0, 0.1) is 0 Å². The molecule has 0 saturated heterocycles. The van der Waals surface area contributed by atoms with E-state index in [-0.39, 0.29) is 19.2 Å². The van der Waals surface area contributed by atoms with Crippen LogP contribution in [0.5, 0.6) is 0 Å². The first-order chi connectivity index (χ1) is 9.83. The highest BCUT2D eigenvalue weighted by Crippen LogP contribution is 2.05. The lowest BCUT2D eigenvalue weighted by Crippen LogP contribution is -2.52. The van der Waals surface area contributed by atoms with E-state index in [1.165, 1.54) is 16.7 Å². The molecule has 0 aromatic rings. The monoisotopic (exact) mass is 320 g/mol. The molecule has 8 heteroatoms. The van der Waals surface area contributed by atoms with Crippen LogP contribution in [0.4, 0.5) is 4.79 Å². The van der Waals surface area contributed by atoms with Crippen molar-refractivity contribution in [3.05, 3.63) is 0 Å². The Bertz CT molecular complexity index is 362. The van der Waals surface area contributed by atoms with E-state index >= 15 is 0 Å². The van der Waals surface area contributed by atoms with Crippen LogP contribution in [0.15, 0.2) is 0 Å². The fourth-order valence-electron chi connectivity index (χ4n) is 1.56. The van der Waals surface area contributed by atoms with E-state index in [9.17, 15) is 14.4 Å². The molecule has 0 radical (unpaired) electrons. The van der Waals surface area contributed by atoms with Crippen LogP contribution in [0.2, 0.25) is 0 Å². The van der Waals surface area contributed by atoms with Crippen LogP contribution in [-0.4, -0.2) is 65.2 Å². The van der Waals surface area contributed by atoms with Gasteiger partial charge in [0.1, 0.15) is 12.6 Å². The smallest absolute Gasteiger partial charge is 0.326 e. The number of aliphatic carboxylic acids is 1. The van der Waals surface area contributed by atoms with Gasteiger partial charge in [0, 0.05) is 6.04 Å². The van der Waals surface area contributed by atoms with Gasteiger partial charge in [-0.3, -0.25) is 4.79 Å². The van der Waals surface area contributed by atoms with Crippen molar-refractivity contribution in [3.63, 3.8) is 0 Å². The molecule has 0 aliphatic carbocycles. The van der Waals surface area contributed by atoms with Gasteiger partial charge in [-0.25, -0.2) is 9.59 Å². The van der Waals surface area contributed by atoms with E-state index in [2.05, 4.69) is 5.32 Å². The zero-order chi connectivity index (χ0) is 16.4. The van der Waals surface area contributed by atoms with Gasteiger partial charge in [-0.1, -0.05) is 0 Å². The van der Waals surface area contributed by atoms with Crippen molar-refractivity contribution < 1.29 is 24.2 Å². The predicted molar refractivity (Wildman–Crippen MR) is 81.4 cm³/mol. The molecule has 0 bridgehead atoms. The predicted octanol–water partition coefficient (Wildman–Crippen LogP) is 1.18. The first-order valence-electron chi connectivity index (χ1n) is 6.77. The largest absolute Gasteiger partial charge is 0.480 e. The molecule has 7 nitrogen and oxygen atoms in total. The summed E-state index contributed by atoms with van der Waals surface area (Å²) in [6, 6.07) is -1.79. The van der Waals surface area contributed by atoms with Crippen LogP contribution in [-0.2, 0) is 14.3 Å². The maximum Gasteiger partial charge on any atom is 0.326 e. The lowest BCUT2D eigenvalue weighted by Gasteiger charge is -2.27. The van der Waals surface area contributed by atoms with Crippen molar-refractivity contribution in [3.8, 4) is 0 Å². The summed E-state index contributed by atoms with van der Waals surface area (Å²) >= 11 is 1.50. The number of carboxylic acid groups (broad SMARTS) is 1. The summed E-state index contributed by atoms with van der Waals surface area (Å²) in [6.07, 6.45) is 2.19. The summed E-state index contributed by atoms with van der Waals surface area (Å²) < 4.78 is 4.81. The summed E-state index contributed by atoms with van der Waals surface area (Å²) in [7, 11) is 0. The first kappa shape index (κ1) is 19.6. The fourth-order valence-corrected chi connectivity index (χ4v) is 2.03. The highest BCUT2D eigenvalue weighted by molar-refractivity contribution is 7.98. The lowest BCUT2D eigenvalue weighted by atomic mass is 10.2. The summed E-state index contributed by atoms with van der Waals surface area (Å²) in [5.41, 5.74) is 0. The molecule has 1 atom stereocenters. The van der Waals surface area contributed by atoms with Gasteiger partial charge in [0.25, 0.3) is 0 Å². The number of urea groups is 1. The molecular weight excluding hydrogens is 296 g/mol. The van der Waals surface area contributed by atoms with Gasteiger partial charge >= 0.3 is 18.0 Å². The van der Waals surface area contributed by atoms with Gasteiger partial charge < -0.3 is 20.1 Å². The molecule has 0 saturated carbocycles. The van der Waals surface area contributed by atoms with E-state index in [0.29, 0.717) is 12.2 Å². The Morgan fingerprint density at radius 3 is 2.38 bits per heavy atom. The van der Waals surface area contributed by atoms with Gasteiger partial charge in [0.15, 0.2) is 0 Å². The second-order valence-electron chi connectivity index (χ2n) is 4.65. The summed E-state index contributed by atoms with van der Waals surface area (Å²) in [6.45, 7) is 5.21. The zero-order valence-corrected chi connectivity index (χ0v) is 13.7. The minimum Gasteiger partial charge on any atom is -0.480 e. The summed E-state index contributed by atoms with van der Waals surface area (Å²) in [4.78, 5) is 36.0. The number of carbonyl (C=O) groups is 3. The topological polar surface area (TPSA) is 95.9 Å². The van der Waals surface area contributed by atoms with Gasteiger partial charge in [0.2, 0.25) is 0 Å². The number of carbonyl (C=O) groups excluding carboxylic acids is 2. The molecule has 1 unspecified atom stereocenters. The second kappa shape index (κ2) is 10.3. The highest BCUT2D eigenvalue weighted by Gasteiger charge is 2.26. The molecular formula is C13H24N2O5S. The van der Waals surface area contributed by atoms with E-state index in [1.54, 1.807) is 20.8 Å². The van der Waals surface area contributed by atoms with E-state index in [4.69, 9.17) is 9.84 Å². The third kappa shape index (κ3) is 7.79. The minimum absolute atomic E-state index is 0.202. The SMILES string of the molecule is CCOC(=O)CN(C(=O)NC(CCSC)C(=O)O)C(C)C. The summed E-state index contributed by atoms with van der Waals surface area (Å²) in [5.74, 6) is -0.980. The van der Waals surface area contributed by atoms with Crippen LogP contribution in [0.25, 0.3) is 0 Å². The zero-order valence-electron chi connectivity index (χ0n) is 12.9. The maximum atomic E-state index is 12.1. The standard InChI is InChI=1S/C13H24N2O5S/c1-5-20-11(16)8-15(9(2)3)13(19)14-10(12(17)18)6-7-21-4/h9-10H,5-8H2,1-4H3,(H,14,19)(H,17,18). The molecule has 2 amide bonds. The number of nitrogens with one attached hydrogen (secondary N) is 1. The van der Waals surface area contributed by atoms with Crippen LogP contribution < -0.4 is 5.32 Å². The Morgan fingerprint density at radius 2 is 1.95 bits per heavy atom.